The van der Waals surface area contributed by atoms with Crippen LogP contribution in [0.3, 0.4) is 0 Å². The monoisotopic (exact) mass is 314 g/mol. The van der Waals surface area contributed by atoms with Crippen molar-refractivity contribution in [3.63, 3.8) is 0 Å². The van der Waals surface area contributed by atoms with Gasteiger partial charge in [-0.3, -0.25) is 0 Å². The molecule has 0 fully saturated rings. The highest BCUT2D eigenvalue weighted by atomic mass is 19.1. The van der Waals surface area contributed by atoms with Crippen molar-refractivity contribution in [1.29, 1.82) is 0 Å². The maximum absolute atomic E-state index is 14.1. The van der Waals surface area contributed by atoms with Crippen LogP contribution in [0.4, 0.5) is 4.39 Å². The summed E-state index contributed by atoms with van der Waals surface area (Å²) in [6.07, 6.45) is 2.11. The van der Waals surface area contributed by atoms with Gasteiger partial charge in [-0.25, -0.2) is 9.18 Å². The van der Waals surface area contributed by atoms with E-state index in [9.17, 15) is 9.18 Å². The second-order valence-corrected chi connectivity index (χ2v) is 5.23. The van der Waals surface area contributed by atoms with Crippen LogP contribution in [-0.4, -0.2) is 20.2 Å². The van der Waals surface area contributed by atoms with Crippen LogP contribution in [0.1, 0.15) is 12.5 Å². The van der Waals surface area contributed by atoms with Crippen LogP contribution in [-0.2, 0) is 16.0 Å². The van der Waals surface area contributed by atoms with Gasteiger partial charge in [0.25, 0.3) is 0 Å². The Morgan fingerprint density at radius 1 is 1.13 bits per heavy atom. The van der Waals surface area contributed by atoms with Crippen LogP contribution in [0.5, 0.6) is 5.75 Å². The van der Waals surface area contributed by atoms with Gasteiger partial charge in [0.2, 0.25) is 0 Å². The molecule has 0 aliphatic carbocycles. The fourth-order valence-corrected chi connectivity index (χ4v) is 2.29. The van der Waals surface area contributed by atoms with E-state index in [2.05, 4.69) is 4.74 Å². The Morgan fingerprint density at radius 2 is 1.83 bits per heavy atom. The van der Waals surface area contributed by atoms with Gasteiger partial charge in [0.05, 0.1) is 14.2 Å². The summed E-state index contributed by atoms with van der Waals surface area (Å²) in [7, 11) is 2.86. The molecule has 2 aromatic carbocycles. The number of hydrogen-bond donors (Lipinski definition) is 0. The minimum Gasteiger partial charge on any atom is -0.497 e. The van der Waals surface area contributed by atoms with Crippen molar-refractivity contribution in [2.75, 3.05) is 14.2 Å². The molecular weight excluding hydrogens is 295 g/mol. The molecule has 0 aliphatic rings. The molecule has 2 rings (SSSR count). The number of allylic oxidation sites excluding steroid dienone is 1. The number of methoxy groups -OCH3 is 2. The van der Waals surface area contributed by atoms with Crippen molar-refractivity contribution in [3.05, 3.63) is 65.5 Å². The Labute approximate surface area is 135 Å². The highest BCUT2D eigenvalue weighted by molar-refractivity contribution is 5.82. The van der Waals surface area contributed by atoms with E-state index in [4.69, 9.17) is 4.74 Å². The summed E-state index contributed by atoms with van der Waals surface area (Å²) >= 11 is 0. The van der Waals surface area contributed by atoms with Gasteiger partial charge in [-0.2, -0.15) is 0 Å². The zero-order chi connectivity index (χ0) is 16.8. The molecule has 0 amide bonds. The molecule has 23 heavy (non-hydrogen) atoms. The maximum Gasteiger partial charge on any atom is 0.330 e. The minimum absolute atomic E-state index is 0.320. The largest absolute Gasteiger partial charge is 0.497 e. The smallest absolute Gasteiger partial charge is 0.330 e. The number of ether oxygens (including phenoxy) is 2. The van der Waals surface area contributed by atoms with Gasteiger partial charge in [0.15, 0.2) is 0 Å². The molecule has 0 spiro atoms. The molecule has 0 aliphatic heterocycles. The van der Waals surface area contributed by atoms with Gasteiger partial charge >= 0.3 is 5.97 Å². The molecular formula is C19H19FO3. The summed E-state index contributed by atoms with van der Waals surface area (Å²) in [5, 5.41) is 0. The van der Waals surface area contributed by atoms with Crippen LogP contribution < -0.4 is 4.74 Å². The predicted molar refractivity (Wildman–Crippen MR) is 87.9 cm³/mol. The quantitative estimate of drug-likeness (QED) is 0.614. The summed E-state index contributed by atoms with van der Waals surface area (Å²) in [4.78, 5) is 11.2. The number of halogens is 1. The summed E-state index contributed by atoms with van der Waals surface area (Å²) < 4.78 is 23.7. The molecule has 120 valence electrons. The number of benzene rings is 2. The molecule has 0 heterocycles. The first kappa shape index (κ1) is 16.7. The van der Waals surface area contributed by atoms with E-state index in [0.717, 1.165) is 16.7 Å². The number of hydrogen-bond acceptors (Lipinski definition) is 3. The summed E-state index contributed by atoms with van der Waals surface area (Å²) in [6.45, 7) is 1.87. The third-order valence-corrected chi connectivity index (χ3v) is 3.49. The molecule has 0 N–H and O–H groups in total. The first-order valence-corrected chi connectivity index (χ1v) is 7.21. The van der Waals surface area contributed by atoms with Gasteiger partial charge in [0, 0.05) is 17.7 Å². The Hall–Kier alpha value is -2.62. The second kappa shape index (κ2) is 7.58. The summed E-state index contributed by atoms with van der Waals surface area (Å²) in [5.74, 6) is -0.190. The normalized spacial score (nSPS) is 11.2. The van der Waals surface area contributed by atoms with Crippen LogP contribution >= 0.6 is 0 Å². The van der Waals surface area contributed by atoms with Crippen molar-refractivity contribution < 1.29 is 18.7 Å². The van der Waals surface area contributed by atoms with E-state index < -0.39 is 0 Å². The van der Waals surface area contributed by atoms with E-state index in [1.54, 1.807) is 12.1 Å². The SMILES string of the molecule is COC(=O)/C=C(\C)Cc1ccc(-c2ccc(OC)cc2F)cc1. The number of rotatable bonds is 5. The van der Waals surface area contributed by atoms with E-state index >= 15 is 0 Å². The third kappa shape index (κ3) is 4.42. The summed E-state index contributed by atoms with van der Waals surface area (Å²) in [5.41, 5.74) is 3.27. The van der Waals surface area contributed by atoms with Crippen LogP contribution in [0.2, 0.25) is 0 Å². The van der Waals surface area contributed by atoms with Crippen molar-refractivity contribution in [3.8, 4) is 16.9 Å². The number of carbonyl (C=O) groups is 1. The zero-order valence-corrected chi connectivity index (χ0v) is 13.4. The Balaban J connectivity index is 2.16. The highest BCUT2D eigenvalue weighted by Crippen LogP contribution is 2.26. The van der Waals surface area contributed by atoms with Gasteiger partial charge in [0.1, 0.15) is 11.6 Å². The molecule has 0 radical (unpaired) electrons. The molecule has 0 atom stereocenters. The van der Waals surface area contributed by atoms with Crippen molar-refractivity contribution in [1.82, 2.24) is 0 Å². The lowest BCUT2D eigenvalue weighted by atomic mass is 10.0. The van der Waals surface area contributed by atoms with Crippen LogP contribution in [0.25, 0.3) is 11.1 Å². The van der Waals surface area contributed by atoms with Crippen molar-refractivity contribution in [2.24, 2.45) is 0 Å². The van der Waals surface area contributed by atoms with Gasteiger partial charge in [-0.05, 0) is 36.6 Å². The zero-order valence-electron chi connectivity index (χ0n) is 13.4. The van der Waals surface area contributed by atoms with Gasteiger partial charge < -0.3 is 9.47 Å². The molecule has 0 bridgehead atoms. The molecule has 0 saturated heterocycles. The maximum atomic E-state index is 14.1. The summed E-state index contributed by atoms with van der Waals surface area (Å²) in [6, 6.07) is 12.4. The first-order valence-electron chi connectivity index (χ1n) is 7.21. The molecule has 4 heteroatoms. The standard InChI is InChI=1S/C19H19FO3/c1-13(11-19(21)23-3)10-14-4-6-15(7-5-14)17-9-8-16(22-2)12-18(17)20/h4-9,11-12H,10H2,1-3H3/b13-11+. The molecule has 0 saturated carbocycles. The lowest BCUT2D eigenvalue weighted by molar-refractivity contribution is -0.134. The van der Waals surface area contributed by atoms with E-state index in [1.165, 1.54) is 26.4 Å². The Bertz CT molecular complexity index is 718. The van der Waals surface area contributed by atoms with E-state index in [1.807, 2.05) is 31.2 Å². The topological polar surface area (TPSA) is 35.5 Å². The Morgan fingerprint density at radius 3 is 2.39 bits per heavy atom. The number of esters is 1. The first-order chi connectivity index (χ1) is 11.0. The lowest BCUT2D eigenvalue weighted by Crippen LogP contribution is -1.97. The van der Waals surface area contributed by atoms with Gasteiger partial charge in [-0.1, -0.05) is 29.8 Å². The van der Waals surface area contributed by atoms with E-state index in [0.29, 0.717) is 17.7 Å². The van der Waals surface area contributed by atoms with Crippen molar-refractivity contribution in [2.45, 2.75) is 13.3 Å². The molecule has 3 nitrogen and oxygen atoms in total. The average Bonchev–Trinajstić information content (AvgIpc) is 2.55. The minimum atomic E-state index is -0.362. The molecule has 2 aromatic rings. The highest BCUT2D eigenvalue weighted by Gasteiger charge is 2.07. The predicted octanol–water partition coefficient (Wildman–Crippen LogP) is 4.16. The van der Waals surface area contributed by atoms with Crippen LogP contribution in [0, 0.1) is 5.82 Å². The van der Waals surface area contributed by atoms with Crippen LogP contribution in [0.15, 0.2) is 54.1 Å². The molecule has 0 aromatic heterocycles. The van der Waals surface area contributed by atoms with E-state index in [-0.39, 0.29) is 11.8 Å². The third-order valence-electron chi connectivity index (χ3n) is 3.49. The fourth-order valence-electron chi connectivity index (χ4n) is 2.29. The van der Waals surface area contributed by atoms with Gasteiger partial charge in [-0.15, -0.1) is 0 Å². The fraction of sp³-hybridized carbons (Fsp3) is 0.211. The second-order valence-electron chi connectivity index (χ2n) is 5.23. The Kier molecular flexibility index (Phi) is 5.52. The average molecular weight is 314 g/mol. The lowest BCUT2D eigenvalue weighted by Gasteiger charge is -2.07. The molecule has 0 unspecified atom stereocenters. The van der Waals surface area contributed by atoms with Crippen molar-refractivity contribution >= 4 is 5.97 Å². The number of carbonyl (C=O) groups excluding carboxylic acids is 1.